The van der Waals surface area contributed by atoms with E-state index in [1.165, 1.54) is 4.90 Å². The first-order valence-electron chi connectivity index (χ1n) is 7.24. The van der Waals surface area contributed by atoms with Crippen LogP contribution in [-0.4, -0.2) is 25.3 Å². The van der Waals surface area contributed by atoms with Gasteiger partial charge in [-0.1, -0.05) is 30.7 Å². The zero-order chi connectivity index (χ0) is 15.5. The number of anilines is 1. The highest BCUT2D eigenvalue weighted by atomic mass is 35.5. The first-order chi connectivity index (χ1) is 9.92. The first kappa shape index (κ1) is 16.4. The van der Waals surface area contributed by atoms with Crippen LogP contribution in [0.15, 0.2) is 18.2 Å². The smallest absolute Gasteiger partial charge is 0.358 e. The summed E-state index contributed by atoms with van der Waals surface area (Å²) in [6, 6.07) is 5.24. The summed E-state index contributed by atoms with van der Waals surface area (Å²) in [5.74, 6) is 0. The number of hydrogen-bond donors (Lipinski definition) is 1. The Hall–Kier alpha value is -0.940. The van der Waals surface area contributed by atoms with Crippen molar-refractivity contribution in [2.24, 2.45) is 0 Å². The number of nitrogens with zero attached hydrogens (tertiary/aromatic N) is 1. The Morgan fingerprint density at radius 2 is 2.05 bits per heavy atom. The molecular formula is C15H20ClF3N2. The van der Waals surface area contributed by atoms with Gasteiger partial charge in [0.1, 0.15) is 6.54 Å². The molecule has 0 bridgehead atoms. The predicted octanol–water partition coefficient (Wildman–Crippen LogP) is 4.37. The van der Waals surface area contributed by atoms with Gasteiger partial charge in [0.15, 0.2) is 0 Å². The monoisotopic (exact) mass is 320 g/mol. The summed E-state index contributed by atoms with van der Waals surface area (Å²) in [7, 11) is 0. The number of halogens is 4. The van der Waals surface area contributed by atoms with Crippen LogP contribution >= 0.6 is 11.6 Å². The van der Waals surface area contributed by atoms with Crippen molar-refractivity contribution < 1.29 is 13.2 Å². The van der Waals surface area contributed by atoms with Crippen molar-refractivity contribution in [3.8, 4) is 0 Å². The molecule has 118 valence electrons. The third-order valence-electron chi connectivity index (χ3n) is 3.44. The molecule has 0 aromatic heterocycles. The standard InChI is InChI=1S/C15H20ClF3N2/c1-2-8-20-9-11-4-3-5-13(16)14(11)21(12-6-7-12)10-15(17,18)19/h3-5,12,20H,2,6-10H2,1H3. The second-order valence-corrected chi connectivity index (χ2v) is 5.81. The van der Waals surface area contributed by atoms with Gasteiger partial charge in [-0.05, 0) is 37.4 Å². The third-order valence-corrected chi connectivity index (χ3v) is 3.74. The van der Waals surface area contributed by atoms with Crippen LogP contribution in [0.5, 0.6) is 0 Å². The molecule has 0 radical (unpaired) electrons. The first-order valence-corrected chi connectivity index (χ1v) is 7.61. The van der Waals surface area contributed by atoms with E-state index < -0.39 is 12.7 Å². The molecule has 1 N–H and O–H groups in total. The van der Waals surface area contributed by atoms with E-state index in [0.717, 1.165) is 31.4 Å². The van der Waals surface area contributed by atoms with E-state index in [9.17, 15) is 13.2 Å². The van der Waals surface area contributed by atoms with E-state index in [1.807, 2.05) is 13.0 Å². The fourth-order valence-corrected chi connectivity index (χ4v) is 2.70. The second kappa shape index (κ2) is 6.88. The summed E-state index contributed by atoms with van der Waals surface area (Å²) in [6.07, 6.45) is -1.66. The average Bonchev–Trinajstić information content (AvgIpc) is 3.20. The van der Waals surface area contributed by atoms with Crippen LogP contribution in [0.2, 0.25) is 5.02 Å². The van der Waals surface area contributed by atoms with Crippen molar-refractivity contribution in [2.45, 2.75) is 44.9 Å². The van der Waals surface area contributed by atoms with Crippen LogP contribution in [0.1, 0.15) is 31.7 Å². The van der Waals surface area contributed by atoms with Gasteiger partial charge in [-0.3, -0.25) is 0 Å². The summed E-state index contributed by atoms with van der Waals surface area (Å²) in [4.78, 5) is 1.42. The molecule has 1 fully saturated rings. The minimum absolute atomic E-state index is 0.0450. The molecule has 0 unspecified atom stereocenters. The summed E-state index contributed by atoms with van der Waals surface area (Å²) in [5.41, 5.74) is 1.36. The minimum atomic E-state index is -4.23. The number of rotatable bonds is 7. The van der Waals surface area contributed by atoms with Crippen LogP contribution in [0.4, 0.5) is 18.9 Å². The second-order valence-electron chi connectivity index (χ2n) is 5.40. The summed E-state index contributed by atoms with van der Waals surface area (Å²) < 4.78 is 38.5. The van der Waals surface area contributed by atoms with Gasteiger partial charge in [0.05, 0.1) is 10.7 Å². The molecule has 0 amide bonds. The summed E-state index contributed by atoms with van der Waals surface area (Å²) in [5, 5.41) is 3.62. The van der Waals surface area contributed by atoms with Crippen LogP contribution in [-0.2, 0) is 6.54 Å². The highest BCUT2D eigenvalue weighted by Gasteiger charge is 2.39. The molecule has 0 heterocycles. The third kappa shape index (κ3) is 4.78. The molecule has 0 spiro atoms. The van der Waals surface area contributed by atoms with E-state index in [1.54, 1.807) is 12.1 Å². The minimum Gasteiger partial charge on any atom is -0.358 e. The number of alkyl halides is 3. The Morgan fingerprint density at radius 3 is 2.62 bits per heavy atom. The molecule has 2 nitrogen and oxygen atoms in total. The van der Waals surface area contributed by atoms with Gasteiger partial charge in [0, 0.05) is 12.6 Å². The zero-order valence-corrected chi connectivity index (χ0v) is 12.8. The van der Waals surface area contributed by atoms with Crippen molar-refractivity contribution in [1.29, 1.82) is 0 Å². The Kier molecular flexibility index (Phi) is 5.38. The van der Waals surface area contributed by atoms with Gasteiger partial charge < -0.3 is 10.2 Å². The lowest BCUT2D eigenvalue weighted by Gasteiger charge is -2.29. The maximum atomic E-state index is 12.8. The van der Waals surface area contributed by atoms with Crippen LogP contribution in [0.3, 0.4) is 0 Å². The summed E-state index contributed by atoms with van der Waals surface area (Å²) >= 11 is 6.20. The zero-order valence-electron chi connectivity index (χ0n) is 12.0. The Bertz CT molecular complexity index is 472. The Labute approximate surface area is 128 Å². The molecule has 1 aromatic carbocycles. The van der Waals surface area contributed by atoms with Crippen molar-refractivity contribution in [2.75, 3.05) is 18.0 Å². The molecule has 1 aliphatic rings. The summed E-state index contributed by atoms with van der Waals surface area (Å²) in [6.45, 7) is 2.47. The average molecular weight is 321 g/mol. The number of nitrogens with one attached hydrogen (secondary N) is 1. The normalized spacial score (nSPS) is 15.3. The van der Waals surface area contributed by atoms with Crippen LogP contribution in [0, 0.1) is 0 Å². The number of hydrogen-bond acceptors (Lipinski definition) is 2. The van der Waals surface area contributed by atoms with E-state index in [4.69, 9.17) is 11.6 Å². The van der Waals surface area contributed by atoms with Gasteiger partial charge in [-0.25, -0.2) is 0 Å². The van der Waals surface area contributed by atoms with Gasteiger partial charge in [-0.15, -0.1) is 0 Å². The van der Waals surface area contributed by atoms with E-state index >= 15 is 0 Å². The lowest BCUT2D eigenvalue weighted by atomic mass is 10.1. The quantitative estimate of drug-likeness (QED) is 0.750. The molecule has 1 saturated carbocycles. The molecule has 6 heteroatoms. The lowest BCUT2D eigenvalue weighted by Crippen LogP contribution is -2.37. The fourth-order valence-electron chi connectivity index (χ4n) is 2.39. The molecular weight excluding hydrogens is 301 g/mol. The molecule has 1 aromatic rings. The fraction of sp³-hybridized carbons (Fsp3) is 0.600. The number of para-hydroxylation sites is 1. The van der Waals surface area contributed by atoms with Crippen molar-refractivity contribution in [3.05, 3.63) is 28.8 Å². The van der Waals surface area contributed by atoms with Gasteiger partial charge in [0.25, 0.3) is 0 Å². The largest absolute Gasteiger partial charge is 0.405 e. The van der Waals surface area contributed by atoms with E-state index in [-0.39, 0.29) is 6.04 Å². The van der Waals surface area contributed by atoms with Crippen LogP contribution < -0.4 is 10.2 Å². The van der Waals surface area contributed by atoms with Crippen molar-refractivity contribution >= 4 is 17.3 Å². The number of benzene rings is 1. The maximum absolute atomic E-state index is 12.8. The highest BCUT2D eigenvalue weighted by Crippen LogP contribution is 2.39. The highest BCUT2D eigenvalue weighted by molar-refractivity contribution is 6.33. The van der Waals surface area contributed by atoms with E-state index in [2.05, 4.69) is 5.32 Å². The molecule has 0 saturated heterocycles. The SMILES string of the molecule is CCCNCc1cccc(Cl)c1N(CC(F)(F)F)C1CC1. The van der Waals surface area contributed by atoms with Gasteiger partial charge in [-0.2, -0.15) is 13.2 Å². The lowest BCUT2D eigenvalue weighted by molar-refractivity contribution is -0.120. The molecule has 0 atom stereocenters. The molecule has 0 aliphatic heterocycles. The van der Waals surface area contributed by atoms with Crippen LogP contribution in [0.25, 0.3) is 0 Å². The topological polar surface area (TPSA) is 15.3 Å². The Morgan fingerprint density at radius 1 is 1.33 bits per heavy atom. The maximum Gasteiger partial charge on any atom is 0.405 e. The predicted molar refractivity (Wildman–Crippen MR) is 79.9 cm³/mol. The molecule has 21 heavy (non-hydrogen) atoms. The van der Waals surface area contributed by atoms with Gasteiger partial charge in [0.2, 0.25) is 0 Å². The Balaban J connectivity index is 2.25. The van der Waals surface area contributed by atoms with Gasteiger partial charge >= 0.3 is 6.18 Å². The van der Waals surface area contributed by atoms with E-state index in [0.29, 0.717) is 17.3 Å². The van der Waals surface area contributed by atoms with Crippen molar-refractivity contribution in [1.82, 2.24) is 5.32 Å². The van der Waals surface area contributed by atoms with Crippen molar-refractivity contribution in [3.63, 3.8) is 0 Å². The molecule has 2 rings (SSSR count). The molecule has 1 aliphatic carbocycles.